The molecule has 3 saturated heterocycles. The van der Waals surface area contributed by atoms with Crippen LogP contribution in [0.15, 0.2) is 36.5 Å². The number of alkyl halides is 1. The SMILES string of the molecule is C=C(C)C(=O)CC1CS(=O)(=O)CC1Cl.C=C(C)C(=O)CCC1SCCN1CCCC.C=C(C)C(=O)N1CCSC1. The van der Waals surface area contributed by atoms with Crippen LogP contribution in [0.3, 0.4) is 0 Å². The highest BCUT2D eigenvalue weighted by atomic mass is 35.5. The summed E-state index contributed by atoms with van der Waals surface area (Å²) < 4.78 is 22.4. The highest BCUT2D eigenvalue weighted by Crippen LogP contribution is 2.28. The van der Waals surface area contributed by atoms with Gasteiger partial charge in [-0.05, 0) is 57.2 Å². The number of hydrogen-bond donors (Lipinski definition) is 0. The molecule has 0 aromatic rings. The number of ketones is 2. The Hall–Kier alpha value is -1.07. The Morgan fingerprint density at radius 1 is 0.950 bits per heavy atom. The van der Waals surface area contributed by atoms with E-state index < -0.39 is 15.2 Å². The van der Waals surface area contributed by atoms with E-state index in [2.05, 4.69) is 31.6 Å². The predicted octanol–water partition coefficient (Wildman–Crippen LogP) is 5.36. The molecule has 0 saturated carbocycles. The van der Waals surface area contributed by atoms with Gasteiger partial charge < -0.3 is 4.90 Å². The number of carbonyl (C=O) groups is 3. The second kappa shape index (κ2) is 18.5. The average Bonchev–Trinajstić information content (AvgIpc) is 3.62. The van der Waals surface area contributed by atoms with Crippen molar-refractivity contribution >= 4 is 62.4 Å². The van der Waals surface area contributed by atoms with Crippen LogP contribution in [0.2, 0.25) is 0 Å². The number of thioether (sulfide) groups is 2. The summed E-state index contributed by atoms with van der Waals surface area (Å²) >= 11 is 9.64. The summed E-state index contributed by atoms with van der Waals surface area (Å²) in [6.45, 7) is 21.5. The molecule has 3 unspecified atom stereocenters. The lowest BCUT2D eigenvalue weighted by atomic mass is 9.99. The van der Waals surface area contributed by atoms with Gasteiger partial charge >= 0.3 is 0 Å². The predicted molar refractivity (Wildman–Crippen MR) is 172 cm³/mol. The maximum Gasteiger partial charge on any atom is 0.249 e. The molecule has 3 heterocycles. The number of halogens is 1. The van der Waals surface area contributed by atoms with Gasteiger partial charge in [-0.3, -0.25) is 19.3 Å². The number of Topliss-reactive ketones (excluding diaryl/α,β-unsaturated/α-hetero) is 2. The van der Waals surface area contributed by atoms with Crippen LogP contribution in [0.25, 0.3) is 0 Å². The molecule has 0 N–H and O–H groups in total. The lowest BCUT2D eigenvalue weighted by molar-refractivity contribution is -0.125. The number of unbranched alkanes of at least 4 members (excludes halogenated alkanes) is 1. The third-order valence-corrected chi connectivity index (χ3v) is 11.5. The largest absolute Gasteiger partial charge is 0.329 e. The molecule has 0 aromatic carbocycles. The maximum atomic E-state index is 11.5. The molecule has 11 heteroatoms. The van der Waals surface area contributed by atoms with Crippen LogP contribution in [0.5, 0.6) is 0 Å². The van der Waals surface area contributed by atoms with Crippen molar-refractivity contribution in [2.24, 2.45) is 5.92 Å². The topological polar surface area (TPSA) is 91.8 Å². The van der Waals surface area contributed by atoms with Crippen LogP contribution in [0, 0.1) is 5.92 Å². The minimum Gasteiger partial charge on any atom is -0.329 e. The number of allylic oxidation sites excluding steroid dienone is 2. The van der Waals surface area contributed by atoms with Crippen LogP contribution < -0.4 is 0 Å². The van der Waals surface area contributed by atoms with Gasteiger partial charge in [-0.25, -0.2) is 8.42 Å². The quantitative estimate of drug-likeness (QED) is 0.222. The Morgan fingerprint density at radius 2 is 1.60 bits per heavy atom. The van der Waals surface area contributed by atoms with Crippen LogP contribution >= 0.6 is 35.1 Å². The van der Waals surface area contributed by atoms with E-state index in [9.17, 15) is 22.8 Å². The minimum atomic E-state index is -3.03. The zero-order chi connectivity index (χ0) is 30.5. The van der Waals surface area contributed by atoms with E-state index in [4.69, 9.17) is 11.6 Å². The van der Waals surface area contributed by atoms with Gasteiger partial charge in [0, 0.05) is 43.0 Å². The zero-order valence-corrected chi connectivity index (χ0v) is 27.8. The van der Waals surface area contributed by atoms with Crippen molar-refractivity contribution in [2.45, 2.75) is 70.6 Å². The molecule has 3 aliphatic rings. The summed E-state index contributed by atoms with van der Waals surface area (Å²) in [5.74, 6) is 3.13. The van der Waals surface area contributed by atoms with Gasteiger partial charge in [0.15, 0.2) is 21.4 Å². The highest BCUT2D eigenvalue weighted by Gasteiger charge is 2.37. The number of amides is 1. The van der Waals surface area contributed by atoms with Crippen LogP contribution in [-0.2, 0) is 24.2 Å². The van der Waals surface area contributed by atoms with Gasteiger partial charge in [0.2, 0.25) is 5.91 Å². The van der Waals surface area contributed by atoms with Gasteiger partial charge in [0.1, 0.15) is 0 Å². The van der Waals surface area contributed by atoms with Gasteiger partial charge in [-0.2, -0.15) is 0 Å². The Kier molecular flexibility index (Phi) is 17.1. The molecule has 228 valence electrons. The average molecular weight is 635 g/mol. The molecule has 40 heavy (non-hydrogen) atoms. The molecule has 1 amide bonds. The van der Waals surface area contributed by atoms with Gasteiger partial charge in [0.25, 0.3) is 0 Å². The highest BCUT2D eigenvalue weighted by molar-refractivity contribution is 8.00. The molecular weight excluding hydrogens is 588 g/mol. The van der Waals surface area contributed by atoms with Crippen molar-refractivity contribution in [2.75, 3.05) is 48.5 Å². The van der Waals surface area contributed by atoms with Crippen molar-refractivity contribution in [3.05, 3.63) is 36.5 Å². The Bertz CT molecular complexity index is 1020. The van der Waals surface area contributed by atoms with E-state index in [1.165, 1.54) is 31.7 Å². The lowest BCUT2D eigenvalue weighted by Crippen LogP contribution is -2.29. The van der Waals surface area contributed by atoms with Crippen molar-refractivity contribution < 1.29 is 22.8 Å². The fourth-order valence-electron chi connectivity index (χ4n) is 4.23. The van der Waals surface area contributed by atoms with E-state index in [-0.39, 0.29) is 41.3 Å². The van der Waals surface area contributed by atoms with Gasteiger partial charge in [-0.1, -0.05) is 33.1 Å². The molecule has 0 spiro atoms. The first-order chi connectivity index (χ1) is 18.7. The van der Waals surface area contributed by atoms with E-state index in [1.807, 2.05) is 16.7 Å². The molecule has 3 rings (SSSR count). The standard InChI is InChI=1S/C13H23NOS.C9H13ClO3S.C7H11NOS/c1-4-5-8-14-9-10-16-13(14)7-6-12(15)11(2)3;1-6(2)9(11)3-7-4-14(12,13)5-8(7)10;1-6(2)7(9)8-3-4-10-5-8/h13H,2,4-10H2,1,3H3;7-8H,1,3-5H2,2H3;1,3-5H2,2H3. The molecule has 7 nitrogen and oxygen atoms in total. The summed E-state index contributed by atoms with van der Waals surface area (Å²) in [6, 6.07) is 0. The lowest BCUT2D eigenvalue weighted by Gasteiger charge is -2.22. The summed E-state index contributed by atoms with van der Waals surface area (Å²) in [5.41, 5.74) is 1.80. The Labute approximate surface area is 255 Å². The van der Waals surface area contributed by atoms with Gasteiger partial charge in [0.05, 0.1) is 28.1 Å². The van der Waals surface area contributed by atoms with E-state index >= 15 is 0 Å². The third kappa shape index (κ3) is 13.7. The fourth-order valence-corrected chi connectivity index (χ4v) is 9.25. The summed E-state index contributed by atoms with van der Waals surface area (Å²) in [4.78, 5) is 38.3. The van der Waals surface area contributed by atoms with Crippen molar-refractivity contribution in [3.63, 3.8) is 0 Å². The number of nitrogens with zero attached hydrogens (tertiary/aromatic N) is 2. The zero-order valence-electron chi connectivity index (χ0n) is 24.6. The first-order valence-corrected chi connectivity index (χ1v) is 18.2. The maximum absolute atomic E-state index is 11.5. The smallest absolute Gasteiger partial charge is 0.249 e. The minimum absolute atomic E-state index is 0.0112. The Morgan fingerprint density at radius 3 is 2.08 bits per heavy atom. The molecule has 0 bridgehead atoms. The molecular formula is C29H47ClN2O5S3. The number of sulfone groups is 1. The number of carbonyl (C=O) groups excluding carboxylic acids is 3. The van der Waals surface area contributed by atoms with Crippen molar-refractivity contribution in [3.8, 4) is 0 Å². The van der Waals surface area contributed by atoms with E-state index in [0.717, 1.165) is 24.6 Å². The van der Waals surface area contributed by atoms with Crippen LogP contribution in [0.4, 0.5) is 0 Å². The van der Waals surface area contributed by atoms with E-state index in [1.54, 1.807) is 32.5 Å². The Balaban J connectivity index is 0.000000308. The fraction of sp³-hybridized carbons (Fsp3) is 0.690. The van der Waals surface area contributed by atoms with Crippen LogP contribution in [0.1, 0.15) is 59.8 Å². The van der Waals surface area contributed by atoms with Gasteiger partial charge in [-0.15, -0.1) is 35.1 Å². The molecule has 0 radical (unpaired) electrons. The normalized spacial score (nSPS) is 23.4. The monoisotopic (exact) mass is 634 g/mol. The molecule has 0 aliphatic carbocycles. The second-order valence-electron chi connectivity index (χ2n) is 10.6. The second-order valence-corrected chi connectivity index (χ2v) is 15.7. The van der Waals surface area contributed by atoms with Crippen molar-refractivity contribution in [1.82, 2.24) is 9.80 Å². The third-order valence-electron chi connectivity index (χ3n) is 6.71. The molecule has 3 aliphatic heterocycles. The number of rotatable bonds is 11. The summed E-state index contributed by atoms with van der Waals surface area (Å²) in [6.07, 6.45) is 4.36. The first-order valence-electron chi connectivity index (χ1n) is 13.8. The first kappa shape index (κ1) is 37.0. The van der Waals surface area contributed by atoms with Crippen molar-refractivity contribution in [1.29, 1.82) is 0 Å². The molecule has 3 fully saturated rings. The number of hydrogen-bond acceptors (Lipinski definition) is 8. The van der Waals surface area contributed by atoms with E-state index in [0.29, 0.717) is 28.5 Å². The molecule has 3 atom stereocenters. The summed E-state index contributed by atoms with van der Waals surface area (Å²) in [5, 5.41) is 0.137. The molecule has 0 aromatic heterocycles. The van der Waals surface area contributed by atoms with Crippen LogP contribution in [-0.4, -0.2) is 95.0 Å². The summed E-state index contributed by atoms with van der Waals surface area (Å²) in [7, 11) is -3.03.